The normalized spacial score (nSPS) is 16.9. The third-order valence-electron chi connectivity index (χ3n) is 4.83. The summed E-state index contributed by atoms with van der Waals surface area (Å²) < 4.78 is 33.1. The van der Waals surface area contributed by atoms with Crippen LogP contribution in [0, 0.1) is 6.92 Å². The fourth-order valence-electron chi connectivity index (χ4n) is 3.15. The van der Waals surface area contributed by atoms with Gasteiger partial charge in [-0.05, 0) is 43.5 Å². The third kappa shape index (κ3) is 5.79. The molecule has 8 heteroatoms. The van der Waals surface area contributed by atoms with E-state index in [9.17, 15) is 13.2 Å². The van der Waals surface area contributed by atoms with Gasteiger partial charge in [-0.3, -0.25) is 4.79 Å². The number of ether oxygens (including phenoxy) is 1. The summed E-state index contributed by atoms with van der Waals surface area (Å²) in [7, 11) is -3.88. The zero-order valence-corrected chi connectivity index (χ0v) is 17.9. The molecule has 1 fully saturated rings. The first-order chi connectivity index (χ1) is 13.9. The number of hydrogen-bond acceptors (Lipinski definition) is 4. The highest BCUT2D eigenvalue weighted by molar-refractivity contribution is 7.89. The minimum absolute atomic E-state index is 0.00321. The fraction of sp³-hybridized carbons (Fsp3) is 0.381. The highest BCUT2D eigenvalue weighted by Gasteiger charge is 2.28. The van der Waals surface area contributed by atoms with Crippen molar-refractivity contribution in [2.75, 3.05) is 19.7 Å². The Bertz CT molecular complexity index is 941. The molecular formula is C21H25ClN2O4S. The van der Waals surface area contributed by atoms with Gasteiger partial charge in [-0.1, -0.05) is 47.5 Å². The van der Waals surface area contributed by atoms with Crippen LogP contribution in [0.4, 0.5) is 0 Å². The van der Waals surface area contributed by atoms with Crippen LogP contribution in [-0.2, 0) is 26.1 Å². The maximum atomic E-state index is 13.2. The molecule has 0 unspecified atom stereocenters. The van der Waals surface area contributed by atoms with Crippen LogP contribution in [-0.4, -0.2) is 44.4 Å². The maximum absolute atomic E-state index is 13.2. The average molecular weight is 437 g/mol. The number of benzene rings is 2. The van der Waals surface area contributed by atoms with Crippen molar-refractivity contribution in [3.05, 3.63) is 64.7 Å². The molecule has 1 heterocycles. The molecule has 29 heavy (non-hydrogen) atoms. The van der Waals surface area contributed by atoms with E-state index in [1.807, 2.05) is 6.92 Å². The Labute approximate surface area is 176 Å². The van der Waals surface area contributed by atoms with E-state index in [1.165, 1.54) is 0 Å². The molecule has 1 amide bonds. The Hall–Kier alpha value is -1.93. The molecule has 6 nitrogen and oxygen atoms in total. The number of halogens is 1. The van der Waals surface area contributed by atoms with Gasteiger partial charge in [-0.15, -0.1) is 0 Å². The molecule has 156 valence electrons. The summed E-state index contributed by atoms with van der Waals surface area (Å²) >= 11 is 6.23. The van der Waals surface area contributed by atoms with Gasteiger partial charge >= 0.3 is 0 Å². The highest BCUT2D eigenvalue weighted by Crippen LogP contribution is 2.22. The van der Waals surface area contributed by atoms with E-state index in [2.05, 4.69) is 5.32 Å². The molecule has 0 aromatic heterocycles. The third-order valence-corrected chi connectivity index (χ3v) is 7.01. The van der Waals surface area contributed by atoms with Gasteiger partial charge in [0.05, 0.1) is 17.5 Å². The molecule has 0 spiro atoms. The lowest BCUT2D eigenvalue weighted by Gasteiger charge is -2.23. The number of hydrogen-bond donors (Lipinski definition) is 1. The molecule has 1 aliphatic heterocycles. The van der Waals surface area contributed by atoms with E-state index in [4.69, 9.17) is 16.3 Å². The molecule has 1 saturated heterocycles. The predicted octanol–water partition coefficient (Wildman–Crippen LogP) is 3.13. The number of carbonyl (C=O) groups excluding carboxylic acids is 1. The van der Waals surface area contributed by atoms with Crippen molar-refractivity contribution in [1.82, 2.24) is 9.62 Å². The quantitative estimate of drug-likeness (QED) is 0.689. The van der Waals surface area contributed by atoms with Crippen molar-refractivity contribution in [3.8, 4) is 0 Å². The molecule has 3 rings (SSSR count). The van der Waals surface area contributed by atoms with E-state index in [0.717, 1.165) is 22.7 Å². The number of carbonyl (C=O) groups is 1. The van der Waals surface area contributed by atoms with Crippen molar-refractivity contribution < 1.29 is 17.9 Å². The Balaban J connectivity index is 1.79. The van der Waals surface area contributed by atoms with Crippen LogP contribution in [0.15, 0.2) is 53.4 Å². The van der Waals surface area contributed by atoms with Crippen LogP contribution in [0.1, 0.15) is 24.0 Å². The molecule has 0 radical (unpaired) electrons. The topological polar surface area (TPSA) is 75.7 Å². The van der Waals surface area contributed by atoms with Crippen molar-refractivity contribution >= 4 is 27.5 Å². The summed E-state index contributed by atoms with van der Waals surface area (Å²) in [5.41, 5.74) is 1.59. The van der Waals surface area contributed by atoms with E-state index in [1.54, 1.807) is 48.5 Å². The lowest BCUT2D eigenvalue weighted by atomic mass is 10.2. The minimum atomic E-state index is -3.88. The van der Waals surface area contributed by atoms with Crippen LogP contribution in [0.2, 0.25) is 5.02 Å². The second-order valence-electron chi connectivity index (χ2n) is 7.12. The van der Waals surface area contributed by atoms with Gasteiger partial charge in [0.25, 0.3) is 0 Å². The summed E-state index contributed by atoms with van der Waals surface area (Å²) in [6.45, 7) is 2.66. The van der Waals surface area contributed by atoms with Gasteiger partial charge in [0.1, 0.15) is 0 Å². The molecule has 1 atom stereocenters. The Morgan fingerprint density at radius 2 is 1.93 bits per heavy atom. The smallest absolute Gasteiger partial charge is 0.243 e. The molecule has 1 aliphatic rings. The number of rotatable bonds is 8. The lowest BCUT2D eigenvalue weighted by Crippen LogP contribution is -2.42. The molecule has 0 aliphatic carbocycles. The Morgan fingerprint density at radius 3 is 2.59 bits per heavy atom. The molecule has 2 aromatic rings. The van der Waals surface area contributed by atoms with E-state index >= 15 is 0 Å². The fourth-order valence-corrected chi connectivity index (χ4v) is 4.72. The predicted molar refractivity (Wildman–Crippen MR) is 112 cm³/mol. The van der Waals surface area contributed by atoms with Gasteiger partial charge in [-0.2, -0.15) is 4.31 Å². The lowest BCUT2D eigenvalue weighted by molar-refractivity contribution is -0.121. The standard InChI is InChI=1S/C21H25ClN2O4S/c1-16-8-10-19(11-9-16)29(26,27)24(14-17-5-2-3-7-20(17)22)15-21(25)23-13-18-6-4-12-28-18/h2-3,5,7-11,18H,4,6,12-15H2,1H3,(H,23,25)/t18-/m1/s1. The molecule has 0 saturated carbocycles. The zero-order valence-electron chi connectivity index (χ0n) is 16.3. The summed E-state index contributed by atoms with van der Waals surface area (Å²) in [6, 6.07) is 13.6. The number of nitrogens with zero attached hydrogens (tertiary/aromatic N) is 1. The van der Waals surface area contributed by atoms with Crippen LogP contribution >= 0.6 is 11.6 Å². The average Bonchev–Trinajstić information content (AvgIpc) is 3.21. The van der Waals surface area contributed by atoms with E-state index < -0.39 is 10.0 Å². The van der Waals surface area contributed by atoms with Gasteiger partial charge in [0, 0.05) is 24.7 Å². The van der Waals surface area contributed by atoms with E-state index in [0.29, 0.717) is 23.7 Å². The molecular weight excluding hydrogens is 412 g/mol. The first-order valence-electron chi connectivity index (χ1n) is 9.55. The van der Waals surface area contributed by atoms with Crippen molar-refractivity contribution in [3.63, 3.8) is 0 Å². The maximum Gasteiger partial charge on any atom is 0.243 e. The molecule has 0 bridgehead atoms. The largest absolute Gasteiger partial charge is 0.376 e. The second-order valence-corrected chi connectivity index (χ2v) is 9.46. The molecule has 1 N–H and O–H groups in total. The monoisotopic (exact) mass is 436 g/mol. The number of aryl methyl sites for hydroxylation is 1. The van der Waals surface area contributed by atoms with Crippen molar-refractivity contribution in [2.45, 2.75) is 37.3 Å². The van der Waals surface area contributed by atoms with Crippen LogP contribution in [0.3, 0.4) is 0 Å². The van der Waals surface area contributed by atoms with Gasteiger partial charge < -0.3 is 10.1 Å². The summed E-state index contributed by atoms with van der Waals surface area (Å²) in [5.74, 6) is -0.372. The Morgan fingerprint density at radius 1 is 1.21 bits per heavy atom. The number of sulfonamides is 1. The highest BCUT2D eigenvalue weighted by atomic mass is 35.5. The van der Waals surface area contributed by atoms with Crippen LogP contribution in [0.25, 0.3) is 0 Å². The number of nitrogens with one attached hydrogen (secondary N) is 1. The summed E-state index contributed by atoms with van der Waals surface area (Å²) in [5, 5.41) is 3.24. The minimum Gasteiger partial charge on any atom is -0.376 e. The van der Waals surface area contributed by atoms with Gasteiger partial charge in [0.2, 0.25) is 15.9 Å². The van der Waals surface area contributed by atoms with Crippen LogP contribution in [0.5, 0.6) is 0 Å². The SMILES string of the molecule is Cc1ccc(S(=O)(=O)N(CC(=O)NC[C@H]2CCCO2)Cc2ccccc2Cl)cc1. The van der Waals surface area contributed by atoms with Crippen LogP contribution < -0.4 is 5.32 Å². The second kappa shape index (κ2) is 9.71. The first kappa shape index (κ1) is 21.8. The van der Waals surface area contributed by atoms with Crippen molar-refractivity contribution in [2.24, 2.45) is 0 Å². The summed E-state index contributed by atoms with van der Waals surface area (Å²) in [4.78, 5) is 12.7. The first-order valence-corrected chi connectivity index (χ1v) is 11.4. The van der Waals surface area contributed by atoms with Gasteiger partial charge in [-0.25, -0.2) is 8.42 Å². The van der Waals surface area contributed by atoms with Gasteiger partial charge in [0.15, 0.2) is 0 Å². The Kier molecular flexibility index (Phi) is 7.29. The number of amides is 1. The molecule has 2 aromatic carbocycles. The summed E-state index contributed by atoms with van der Waals surface area (Å²) in [6.07, 6.45) is 1.86. The van der Waals surface area contributed by atoms with Crippen molar-refractivity contribution in [1.29, 1.82) is 0 Å². The zero-order chi connectivity index (χ0) is 20.9. The van der Waals surface area contributed by atoms with E-state index in [-0.39, 0.29) is 30.0 Å².